The number of carbonyl (C=O) groups excluding carboxylic acids is 1. The lowest BCUT2D eigenvalue weighted by Crippen LogP contribution is -2.21. The van der Waals surface area contributed by atoms with E-state index in [1.807, 2.05) is 6.92 Å². The zero-order valence-corrected chi connectivity index (χ0v) is 11.0. The van der Waals surface area contributed by atoms with Gasteiger partial charge in [0.05, 0.1) is 11.5 Å². The fraction of sp³-hybridized carbons (Fsp3) is 0.417. The maximum Gasteiger partial charge on any atom is 0.325 e. The summed E-state index contributed by atoms with van der Waals surface area (Å²) in [6.07, 6.45) is 0. The molecule has 0 spiro atoms. The molecule has 1 unspecified atom stereocenters. The van der Waals surface area contributed by atoms with Crippen LogP contribution in [0.25, 0.3) is 0 Å². The number of nitrogens with zero attached hydrogens (tertiary/aromatic N) is 1. The van der Waals surface area contributed by atoms with Crippen LogP contribution in [0.15, 0.2) is 29.2 Å². The summed E-state index contributed by atoms with van der Waals surface area (Å²) < 4.78 is 37.7. The van der Waals surface area contributed by atoms with Gasteiger partial charge in [0.2, 0.25) is 10.0 Å². The number of benzene rings is 1. The summed E-state index contributed by atoms with van der Waals surface area (Å²) in [4.78, 5) is 11.6. The molecule has 1 aromatic carbocycles. The lowest BCUT2D eigenvalue weighted by Gasteiger charge is -2.06. The molecule has 0 bridgehead atoms. The fourth-order valence-electron chi connectivity index (χ4n) is 1.55. The van der Waals surface area contributed by atoms with E-state index in [2.05, 4.69) is 0 Å². The molecule has 0 radical (unpaired) electrons. The molecule has 18 heavy (non-hydrogen) atoms. The summed E-state index contributed by atoms with van der Waals surface area (Å²) >= 11 is 0. The molecule has 2 rings (SSSR count). The minimum absolute atomic E-state index is 0.0853. The standard InChI is InChI=1S/C12H15NO4S/c1-3-17-12(14)11-8-13(11)18(15,16)10-6-4-9(2)5-7-10/h4-7,11H,3,8H2,1-2H3/t11-,13?/m0/s1/i8D/t8-,11+,13?/m1. The van der Waals surface area contributed by atoms with Crippen molar-refractivity contribution in [3.8, 4) is 0 Å². The molecule has 0 N–H and O–H groups in total. The van der Waals surface area contributed by atoms with Crippen LogP contribution in [0.2, 0.25) is 0 Å². The van der Waals surface area contributed by atoms with Crippen molar-refractivity contribution in [1.82, 2.24) is 4.31 Å². The molecular formula is C12H15NO4S. The molecule has 0 aromatic heterocycles. The summed E-state index contributed by atoms with van der Waals surface area (Å²) in [5, 5.41) is 0. The van der Waals surface area contributed by atoms with Crippen molar-refractivity contribution in [2.75, 3.05) is 13.1 Å². The third kappa shape index (κ3) is 2.39. The van der Waals surface area contributed by atoms with Crippen molar-refractivity contribution in [2.24, 2.45) is 0 Å². The molecule has 0 amide bonds. The van der Waals surface area contributed by atoms with Gasteiger partial charge in [0.25, 0.3) is 0 Å². The first kappa shape index (κ1) is 11.7. The van der Waals surface area contributed by atoms with Gasteiger partial charge in [-0.2, -0.15) is 4.31 Å². The van der Waals surface area contributed by atoms with Crippen LogP contribution in [0, 0.1) is 6.92 Å². The van der Waals surface area contributed by atoms with E-state index in [1.54, 1.807) is 19.1 Å². The van der Waals surface area contributed by atoms with Crippen molar-refractivity contribution in [3.05, 3.63) is 29.8 Å². The second kappa shape index (κ2) is 4.70. The summed E-state index contributed by atoms with van der Waals surface area (Å²) in [7, 11) is -3.80. The van der Waals surface area contributed by atoms with Crippen molar-refractivity contribution in [2.45, 2.75) is 24.8 Å². The van der Waals surface area contributed by atoms with E-state index in [0.29, 0.717) is 0 Å². The third-order valence-electron chi connectivity index (χ3n) is 2.60. The Balaban J connectivity index is 2.23. The molecule has 0 saturated carbocycles. The predicted octanol–water partition coefficient (Wildman–Crippen LogP) is 0.931. The predicted molar refractivity (Wildman–Crippen MR) is 65.5 cm³/mol. The zero-order valence-electron chi connectivity index (χ0n) is 11.2. The van der Waals surface area contributed by atoms with Crippen LogP contribution >= 0.6 is 0 Å². The van der Waals surface area contributed by atoms with Crippen molar-refractivity contribution in [3.63, 3.8) is 0 Å². The van der Waals surface area contributed by atoms with Crippen LogP contribution in [0.5, 0.6) is 0 Å². The van der Waals surface area contributed by atoms with E-state index >= 15 is 0 Å². The molecule has 1 heterocycles. The second-order valence-corrected chi connectivity index (χ2v) is 5.84. The number of esters is 1. The minimum atomic E-state index is -3.80. The molecular weight excluding hydrogens is 254 g/mol. The van der Waals surface area contributed by atoms with Crippen molar-refractivity contribution in [1.29, 1.82) is 0 Å². The van der Waals surface area contributed by atoms with Crippen molar-refractivity contribution < 1.29 is 19.3 Å². The van der Waals surface area contributed by atoms with Gasteiger partial charge < -0.3 is 4.74 Å². The van der Waals surface area contributed by atoms with Crippen LogP contribution in [-0.4, -0.2) is 37.9 Å². The van der Waals surface area contributed by atoms with Crippen LogP contribution in [0.4, 0.5) is 0 Å². The van der Waals surface area contributed by atoms with Gasteiger partial charge in [-0.25, -0.2) is 8.42 Å². The quantitative estimate of drug-likeness (QED) is 0.603. The first-order chi connectivity index (χ1) is 8.89. The highest BCUT2D eigenvalue weighted by molar-refractivity contribution is 7.89. The maximum absolute atomic E-state index is 12.2. The molecule has 1 aliphatic heterocycles. The molecule has 1 fully saturated rings. The van der Waals surface area contributed by atoms with Crippen LogP contribution in [0.1, 0.15) is 13.9 Å². The maximum atomic E-state index is 12.2. The van der Waals surface area contributed by atoms with E-state index in [9.17, 15) is 13.2 Å². The molecule has 1 aromatic rings. The van der Waals surface area contributed by atoms with Gasteiger partial charge in [-0.3, -0.25) is 4.79 Å². The van der Waals surface area contributed by atoms with E-state index in [-0.39, 0.29) is 11.5 Å². The molecule has 1 saturated heterocycles. The van der Waals surface area contributed by atoms with E-state index in [0.717, 1.165) is 9.87 Å². The Kier molecular flexibility index (Phi) is 3.05. The van der Waals surface area contributed by atoms with Gasteiger partial charge in [0.1, 0.15) is 6.04 Å². The largest absolute Gasteiger partial charge is 0.465 e. The molecule has 5 nitrogen and oxygen atoms in total. The Bertz CT molecular complexity index is 584. The summed E-state index contributed by atoms with van der Waals surface area (Å²) in [5.74, 6) is -0.668. The smallest absolute Gasteiger partial charge is 0.325 e. The molecule has 6 heteroatoms. The monoisotopic (exact) mass is 270 g/mol. The molecule has 0 aliphatic carbocycles. The molecule has 3 atom stereocenters. The number of rotatable bonds is 4. The second-order valence-electron chi connectivity index (χ2n) is 3.99. The topological polar surface area (TPSA) is 63.5 Å². The molecule has 1 aliphatic rings. The highest BCUT2D eigenvalue weighted by atomic mass is 32.2. The highest BCUT2D eigenvalue weighted by Gasteiger charge is 2.50. The van der Waals surface area contributed by atoms with Crippen LogP contribution < -0.4 is 0 Å². The Hall–Kier alpha value is -1.40. The summed E-state index contributed by atoms with van der Waals surface area (Å²) in [5.41, 5.74) is 0.939. The Morgan fingerprint density at radius 1 is 1.50 bits per heavy atom. The number of ether oxygens (including phenoxy) is 1. The number of hydrogen-bond acceptors (Lipinski definition) is 4. The number of hydrogen-bond donors (Lipinski definition) is 0. The van der Waals surface area contributed by atoms with Gasteiger partial charge in [-0.1, -0.05) is 17.7 Å². The lowest BCUT2D eigenvalue weighted by atomic mass is 10.2. The fourth-order valence-corrected chi connectivity index (χ4v) is 2.94. The van der Waals surface area contributed by atoms with Gasteiger partial charge in [-0.15, -0.1) is 0 Å². The van der Waals surface area contributed by atoms with E-state index < -0.39 is 28.6 Å². The van der Waals surface area contributed by atoms with Gasteiger partial charge in [0.15, 0.2) is 0 Å². The first-order valence-corrected chi connectivity index (χ1v) is 7.02. The molecule has 98 valence electrons. The minimum Gasteiger partial charge on any atom is -0.465 e. The SMILES string of the molecule is [2H][C@@H]1[C@@H](C(=O)OCC)N1S(=O)(=O)c1ccc(C)cc1. The lowest BCUT2D eigenvalue weighted by molar-refractivity contribution is -0.142. The summed E-state index contributed by atoms with van der Waals surface area (Å²) in [6.45, 7) is 2.56. The van der Waals surface area contributed by atoms with Crippen LogP contribution in [-0.2, 0) is 19.6 Å². The number of carbonyl (C=O) groups is 1. The first-order valence-electron chi connectivity index (χ1n) is 6.16. The van der Waals surface area contributed by atoms with E-state index in [1.165, 1.54) is 12.1 Å². The normalized spacial score (nSPS) is 27.4. The number of sulfonamides is 1. The highest BCUT2D eigenvalue weighted by Crippen LogP contribution is 2.29. The Morgan fingerprint density at radius 2 is 2.11 bits per heavy atom. The average Bonchev–Trinajstić information content (AvgIpc) is 3.03. The van der Waals surface area contributed by atoms with Gasteiger partial charge in [-0.05, 0) is 26.0 Å². The van der Waals surface area contributed by atoms with Crippen LogP contribution in [0.3, 0.4) is 0 Å². The Morgan fingerprint density at radius 3 is 2.67 bits per heavy atom. The number of aryl methyl sites for hydroxylation is 1. The zero-order chi connectivity index (χ0) is 14.2. The van der Waals surface area contributed by atoms with E-state index in [4.69, 9.17) is 6.11 Å². The average molecular weight is 270 g/mol. The van der Waals surface area contributed by atoms with Gasteiger partial charge >= 0.3 is 5.97 Å². The Labute approximate surface area is 108 Å². The van der Waals surface area contributed by atoms with Crippen molar-refractivity contribution >= 4 is 16.0 Å². The third-order valence-corrected chi connectivity index (χ3v) is 4.37. The summed E-state index contributed by atoms with van der Waals surface area (Å²) in [6, 6.07) is 5.27. The van der Waals surface area contributed by atoms with Gasteiger partial charge in [0, 0.05) is 7.89 Å².